The van der Waals surface area contributed by atoms with Gasteiger partial charge in [0.15, 0.2) is 5.69 Å². The van der Waals surface area contributed by atoms with Gasteiger partial charge in [0.2, 0.25) is 0 Å². The number of hydrogen-bond donors (Lipinski definition) is 5. The van der Waals surface area contributed by atoms with Crippen molar-refractivity contribution in [1.29, 1.82) is 0 Å². The first-order valence-electron chi connectivity index (χ1n) is 13.9. The van der Waals surface area contributed by atoms with E-state index in [1.54, 1.807) is 36.4 Å². The molecule has 0 spiro atoms. The number of carbonyl (C=O) groups is 2. The molecule has 1 saturated carbocycles. The largest absolute Gasteiger partial charge is 0.595 e. The highest BCUT2D eigenvalue weighted by Crippen LogP contribution is 2.36. The van der Waals surface area contributed by atoms with E-state index in [9.17, 15) is 33.2 Å². The number of alkyl halides is 3. The Labute approximate surface area is 249 Å². The first kappa shape index (κ1) is 30.6. The minimum absolute atomic E-state index is 0.00339. The molecule has 1 atom stereocenters. The second-order valence-corrected chi connectivity index (χ2v) is 10.4. The molecule has 0 aliphatic heterocycles. The SMILES string of the molecule is O=C(Nc1nn[nH]n1)c1ccc(CN(C(=O)Nc2ccc([NH+]([O-])O)c(C(F)(F)F)c2)c2ccc(C3CCCCC3)cc2)cc1. The molecule has 3 amide bonds. The van der Waals surface area contributed by atoms with Gasteiger partial charge in [-0.3, -0.25) is 15.0 Å². The molecule has 1 heterocycles. The third kappa shape index (κ3) is 7.37. The molecule has 5 N–H and O–H groups in total. The van der Waals surface area contributed by atoms with E-state index in [0.717, 1.165) is 43.4 Å². The molecule has 4 aromatic rings. The van der Waals surface area contributed by atoms with Crippen LogP contribution in [0.1, 0.15) is 65.1 Å². The molecule has 15 heteroatoms. The fourth-order valence-electron chi connectivity index (χ4n) is 5.21. The number of rotatable bonds is 8. The van der Waals surface area contributed by atoms with Crippen molar-refractivity contribution in [3.8, 4) is 0 Å². The lowest BCUT2D eigenvalue weighted by molar-refractivity contribution is -0.991. The van der Waals surface area contributed by atoms with E-state index >= 15 is 0 Å². The van der Waals surface area contributed by atoms with Gasteiger partial charge >= 0.3 is 12.2 Å². The predicted octanol–water partition coefficient (Wildman–Crippen LogP) is 5.16. The number of hydrogen-bond acceptors (Lipinski definition) is 7. The molecule has 1 unspecified atom stereocenters. The summed E-state index contributed by atoms with van der Waals surface area (Å²) in [5, 5.41) is 36.7. The molecule has 3 aromatic carbocycles. The Hall–Kier alpha value is -4.86. The van der Waals surface area contributed by atoms with E-state index in [2.05, 4.69) is 31.3 Å². The lowest BCUT2D eigenvalue weighted by Gasteiger charge is -2.26. The maximum absolute atomic E-state index is 13.6. The number of nitrogens with zero attached hydrogens (tertiary/aromatic N) is 4. The van der Waals surface area contributed by atoms with Gasteiger partial charge in [-0.15, -0.1) is 5.10 Å². The van der Waals surface area contributed by atoms with Crippen LogP contribution in [0.15, 0.2) is 66.7 Å². The zero-order chi connectivity index (χ0) is 31.3. The first-order valence-corrected chi connectivity index (χ1v) is 13.9. The maximum atomic E-state index is 13.6. The molecular formula is C29H29F3N8O4. The summed E-state index contributed by atoms with van der Waals surface area (Å²) in [5.74, 6) is -0.0421. The second-order valence-electron chi connectivity index (χ2n) is 10.4. The molecule has 44 heavy (non-hydrogen) atoms. The Morgan fingerprint density at radius 2 is 1.70 bits per heavy atom. The van der Waals surface area contributed by atoms with Crippen molar-refractivity contribution in [2.45, 2.75) is 50.7 Å². The number of carbonyl (C=O) groups excluding carboxylic acids is 2. The monoisotopic (exact) mass is 610 g/mol. The van der Waals surface area contributed by atoms with Crippen molar-refractivity contribution >= 4 is 34.9 Å². The molecule has 5 rings (SSSR count). The maximum Gasteiger partial charge on any atom is 0.422 e. The molecule has 12 nitrogen and oxygen atoms in total. The Morgan fingerprint density at radius 3 is 2.32 bits per heavy atom. The highest BCUT2D eigenvalue weighted by Gasteiger charge is 2.37. The minimum Gasteiger partial charge on any atom is -0.595 e. The number of aromatic amines is 1. The van der Waals surface area contributed by atoms with Crippen LogP contribution in [-0.4, -0.2) is 37.8 Å². The van der Waals surface area contributed by atoms with Crippen LogP contribution >= 0.6 is 0 Å². The summed E-state index contributed by atoms with van der Waals surface area (Å²) in [6.45, 7) is 0.0146. The van der Waals surface area contributed by atoms with Gasteiger partial charge < -0.3 is 10.5 Å². The van der Waals surface area contributed by atoms with Crippen LogP contribution in [0.4, 0.5) is 41.0 Å². The van der Waals surface area contributed by atoms with E-state index in [0.29, 0.717) is 28.8 Å². The van der Waals surface area contributed by atoms with Gasteiger partial charge in [0.05, 0.1) is 6.54 Å². The fraction of sp³-hybridized carbons (Fsp3) is 0.276. The number of amides is 3. The van der Waals surface area contributed by atoms with Gasteiger partial charge in [-0.25, -0.2) is 10.0 Å². The molecule has 0 saturated heterocycles. The van der Waals surface area contributed by atoms with Crippen LogP contribution in [0.3, 0.4) is 0 Å². The number of benzene rings is 3. The summed E-state index contributed by atoms with van der Waals surface area (Å²) in [4.78, 5) is 27.4. The average molecular weight is 611 g/mol. The smallest absolute Gasteiger partial charge is 0.422 e. The summed E-state index contributed by atoms with van der Waals surface area (Å²) in [6.07, 6.45) is 0.758. The van der Waals surface area contributed by atoms with E-state index in [-0.39, 0.29) is 18.2 Å². The van der Waals surface area contributed by atoms with E-state index in [1.807, 2.05) is 12.1 Å². The molecule has 1 aliphatic rings. The van der Waals surface area contributed by atoms with E-state index in [4.69, 9.17) is 0 Å². The van der Waals surface area contributed by atoms with E-state index < -0.39 is 34.6 Å². The normalized spacial score (nSPS) is 14.6. The summed E-state index contributed by atoms with van der Waals surface area (Å²) in [7, 11) is 0. The summed E-state index contributed by atoms with van der Waals surface area (Å²) < 4.78 is 40.8. The van der Waals surface area contributed by atoms with Gasteiger partial charge in [-0.1, -0.05) is 48.6 Å². The molecule has 1 aromatic heterocycles. The molecule has 0 radical (unpaired) electrons. The number of halogens is 3. The number of anilines is 3. The van der Waals surface area contributed by atoms with Crippen LogP contribution in [0, 0.1) is 5.21 Å². The van der Waals surface area contributed by atoms with Crippen LogP contribution in [0.25, 0.3) is 0 Å². The van der Waals surface area contributed by atoms with Crippen molar-refractivity contribution in [2.24, 2.45) is 0 Å². The highest BCUT2D eigenvalue weighted by molar-refractivity contribution is 6.03. The molecule has 1 aliphatic carbocycles. The van der Waals surface area contributed by atoms with Crippen molar-refractivity contribution in [3.63, 3.8) is 0 Å². The lowest BCUT2D eigenvalue weighted by Crippen LogP contribution is -2.99. The van der Waals surface area contributed by atoms with Gasteiger partial charge in [0.1, 0.15) is 5.56 Å². The summed E-state index contributed by atoms with van der Waals surface area (Å²) in [6, 6.07) is 15.7. The Kier molecular flexibility index (Phi) is 9.18. The van der Waals surface area contributed by atoms with Gasteiger partial charge in [-0.05, 0) is 71.5 Å². The third-order valence-corrected chi connectivity index (χ3v) is 7.46. The zero-order valence-corrected chi connectivity index (χ0v) is 23.3. The number of urea groups is 1. The van der Waals surface area contributed by atoms with Crippen LogP contribution in [0.5, 0.6) is 0 Å². The summed E-state index contributed by atoms with van der Waals surface area (Å²) in [5.41, 5.74) is 0.0677. The van der Waals surface area contributed by atoms with Crippen molar-refractivity contribution < 1.29 is 33.2 Å². The average Bonchev–Trinajstić information content (AvgIpc) is 3.53. The Morgan fingerprint density at radius 1 is 1.00 bits per heavy atom. The Balaban J connectivity index is 1.39. The van der Waals surface area contributed by atoms with Crippen LogP contribution < -0.4 is 20.8 Å². The minimum atomic E-state index is -4.94. The van der Waals surface area contributed by atoms with Crippen LogP contribution in [-0.2, 0) is 12.7 Å². The van der Waals surface area contributed by atoms with Crippen molar-refractivity contribution in [1.82, 2.24) is 20.6 Å². The summed E-state index contributed by atoms with van der Waals surface area (Å²) >= 11 is 0. The number of H-pyrrole nitrogens is 1. The van der Waals surface area contributed by atoms with Crippen LogP contribution in [0.2, 0.25) is 0 Å². The predicted molar refractivity (Wildman–Crippen MR) is 153 cm³/mol. The number of tetrazole rings is 1. The Bertz CT molecular complexity index is 1570. The zero-order valence-electron chi connectivity index (χ0n) is 23.3. The molecule has 1 fully saturated rings. The molecule has 230 valence electrons. The molecule has 0 bridgehead atoms. The molecular weight excluding hydrogens is 581 g/mol. The lowest BCUT2D eigenvalue weighted by atomic mass is 9.84. The first-order chi connectivity index (χ1) is 21.1. The second kappa shape index (κ2) is 13.2. The van der Waals surface area contributed by atoms with Crippen molar-refractivity contribution in [3.05, 3.63) is 94.2 Å². The van der Waals surface area contributed by atoms with Crippen molar-refractivity contribution in [2.75, 3.05) is 15.5 Å². The van der Waals surface area contributed by atoms with E-state index in [1.165, 1.54) is 11.3 Å². The third-order valence-electron chi connectivity index (χ3n) is 7.46. The number of nitrogens with one attached hydrogen (secondary N) is 4. The van der Waals surface area contributed by atoms with Gasteiger partial charge in [-0.2, -0.15) is 23.6 Å². The topological polar surface area (TPSA) is 164 Å². The van der Waals surface area contributed by atoms with Gasteiger partial charge in [0.25, 0.3) is 11.9 Å². The number of aromatic nitrogens is 4. The highest BCUT2D eigenvalue weighted by atomic mass is 19.4. The van der Waals surface area contributed by atoms with Gasteiger partial charge in [0, 0.05) is 23.0 Å². The fourth-order valence-corrected chi connectivity index (χ4v) is 5.21. The number of quaternary nitrogens is 1. The quantitative estimate of drug-likeness (QED) is 0.172. The standard InChI is InChI=1S/C29H29F3N8O4/c30-29(31,32)24-16-22(12-15-25(24)40(43)44)33-28(42)39(23-13-10-20(11-14-23)19-4-2-1-3-5-19)17-18-6-8-21(9-7-18)26(41)34-27-35-37-38-36-27/h6-16,19,40,43H,1-5,17H2,(H,33,42)(H2,34,35,36,37,38,41).